The van der Waals surface area contributed by atoms with Crippen molar-refractivity contribution in [2.24, 2.45) is 0 Å². The first-order valence-electron chi connectivity index (χ1n) is 9.63. The Balaban J connectivity index is 1.69. The minimum Gasteiger partial charge on any atom is -0.497 e. The lowest BCUT2D eigenvalue weighted by Gasteiger charge is -2.21. The van der Waals surface area contributed by atoms with Gasteiger partial charge in [-0.2, -0.15) is 0 Å². The van der Waals surface area contributed by atoms with E-state index < -0.39 is 12.1 Å². The molecule has 1 heterocycles. The molecule has 9 heteroatoms. The Hall–Kier alpha value is -3.62. The van der Waals surface area contributed by atoms with Crippen LogP contribution in [-0.2, 0) is 22.6 Å². The molecule has 1 fully saturated rings. The third-order valence-electron chi connectivity index (χ3n) is 5.03. The number of nitrogens with one attached hydrogen (secondary N) is 1. The maximum absolute atomic E-state index is 12.8. The third kappa shape index (κ3) is 4.93. The second-order valence-corrected chi connectivity index (χ2v) is 6.81. The van der Waals surface area contributed by atoms with E-state index in [4.69, 9.17) is 23.7 Å². The number of hydrogen-bond acceptors (Lipinski definition) is 7. The van der Waals surface area contributed by atoms with Gasteiger partial charge in [-0.3, -0.25) is 9.69 Å². The van der Waals surface area contributed by atoms with Gasteiger partial charge in [0.15, 0.2) is 11.5 Å². The number of methoxy groups -OCH3 is 4. The van der Waals surface area contributed by atoms with Gasteiger partial charge in [-0.25, -0.2) is 4.79 Å². The number of carbonyl (C=O) groups excluding carboxylic acids is 2. The molecule has 9 nitrogen and oxygen atoms in total. The van der Waals surface area contributed by atoms with Crippen molar-refractivity contribution in [1.29, 1.82) is 0 Å². The minimum absolute atomic E-state index is 0.0162. The largest absolute Gasteiger partial charge is 0.497 e. The fourth-order valence-electron chi connectivity index (χ4n) is 3.32. The van der Waals surface area contributed by atoms with Crippen LogP contribution >= 0.6 is 0 Å². The van der Waals surface area contributed by atoms with Crippen LogP contribution in [-0.4, -0.2) is 58.0 Å². The van der Waals surface area contributed by atoms with E-state index in [0.29, 0.717) is 23.0 Å². The van der Waals surface area contributed by atoms with E-state index in [0.717, 1.165) is 11.1 Å². The molecule has 0 bridgehead atoms. The average Bonchev–Trinajstić information content (AvgIpc) is 3.17. The number of ether oxygens (including phenoxy) is 5. The van der Waals surface area contributed by atoms with E-state index in [1.807, 2.05) is 12.1 Å². The quantitative estimate of drug-likeness (QED) is 0.652. The highest BCUT2D eigenvalue weighted by Gasteiger charge is 2.38. The summed E-state index contributed by atoms with van der Waals surface area (Å²) in [6.07, 6.45) is -0.544. The zero-order valence-corrected chi connectivity index (χ0v) is 18.0. The Morgan fingerprint density at radius 1 is 1.00 bits per heavy atom. The molecule has 0 saturated carbocycles. The third-order valence-corrected chi connectivity index (χ3v) is 5.03. The lowest BCUT2D eigenvalue weighted by molar-refractivity contribution is -0.125. The van der Waals surface area contributed by atoms with E-state index in [-0.39, 0.29) is 25.6 Å². The molecule has 0 aromatic heterocycles. The number of rotatable bonds is 9. The van der Waals surface area contributed by atoms with Crippen LogP contribution in [0.3, 0.4) is 0 Å². The number of carbonyl (C=O) groups is 2. The minimum atomic E-state index is -0.746. The van der Waals surface area contributed by atoms with Crippen LogP contribution in [0.15, 0.2) is 36.4 Å². The number of cyclic esters (lactones) is 1. The van der Waals surface area contributed by atoms with Crippen LogP contribution in [0.4, 0.5) is 4.79 Å². The molecule has 1 saturated heterocycles. The van der Waals surface area contributed by atoms with E-state index in [1.165, 1.54) is 12.0 Å². The van der Waals surface area contributed by atoms with Gasteiger partial charge < -0.3 is 29.0 Å². The highest BCUT2D eigenvalue weighted by atomic mass is 16.6. The summed E-state index contributed by atoms with van der Waals surface area (Å²) in [6, 6.07) is 9.93. The first-order valence-corrected chi connectivity index (χ1v) is 9.63. The summed E-state index contributed by atoms with van der Waals surface area (Å²) in [4.78, 5) is 26.5. The Bertz CT molecular complexity index is 947. The van der Waals surface area contributed by atoms with Gasteiger partial charge in [-0.05, 0) is 29.8 Å². The molecule has 0 aliphatic carbocycles. The number of benzene rings is 2. The second-order valence-electron chi connectivity index (χ2n) is 6.81. The molecule has 0 spiro atoms. The maximum Gasteiger partial charge on any atom is 0.410 e. The average molecular weight is 430 g/mol. The predicted octanol–water partition coefficient (Wildman–Crippen LogP) is 2.36. The summed E-state index contributed by atoms with van der Waals surface area (Å²) in [5, 5.41) is 2.85. The summed E-state index contributed by atoms with van der Waals surface area (Å²) in [6.45, 7) is 0.418. The first kappa shape index (κ1) is 22.1. The summed E-state index contributed by atoms with van der Waals surface area (Å²) in [5.41, 5.74) is 1.57. The van der Waals surface area contributed by atoms with Crippen LogP contribution in [0.25, 0.3) is 0 Å². The van der Waals surface area contributed by atoms with Gasteiger partial charge in [-0.15, -0.1) is 0 Å². The molecule has 1 N–H and O–H groups in total. The fraction of sp³-hybridized carbons (Fsp3) is 0.364. The Labute approximate surface area is 180 Å². The predicted molar refractivity (Wildman–Crippen MR) is 112 cm³/mol. The number of hydrogen-bond donors (Lipinski definition) is 1. The lowest BCUT2D eigenvalue weighted by atomic mass is 10.1. The van der Waals surface area contributed by atoms with E-state index in [9.17, 15) is 9.59 Å². The summed E-state index contributed by atoms with van der Waals surface area (Å²) in [7, 11) is 6.21. The summed E-state index contributed by atoms with van der Waals surface area (Å²) >= 11 is 0. The van der Waals surface area contributed by atoms with Gasteiger partial charge in [0.05, 0.1) is 35.0 Å². The monoisotopic (exact) mass is 430 g/mol. The molecule has 0 radical (unpaired) electrons. The summed E-state index contributed by atoms with van der Waals surface area (Å²) in [5.74, 6) is 2.06. The molecular weight excluding hydrogens is 404 g/mol. The molecule has 3 rings (SSSR count). The van der Waals surface area contributed by atoms with Crippen molar-refractivity contribution in [1.82, 2.24) is 10.2 Å². The van der Waals surface area contributed by atoms with Crippen molar-refractivity contribution in [2.45, 2.75) is 19.1 Å². The van der Waals surface area contributed by atoms with Crippen molar-refractivity contribution in [3.05, 3.63) is 47.5 Å². The zero-order valence-electron chi connectivity index (χ0n) is 18.0. The molecule has 2 amide bonds. The van der Waals surface area contributed by atoms with Gasteiger partial charge in [0.25, 0.3) is 0 Å². The SMILES string of the molecule is COc1ccc(CNC(=O)[C@@H]2COC(=O)N2Cc2ccc(OC)c(OC)c2)c(OC)c1. The first-order chi connectivity index (χ1) is 15.0. The molecule has 0 unspecified atom stereocenters. The van der Waals surface area contributed by atoms with Crippen molar-refractivity contribution in [3.63, 3.8) is 0 Å². The molecule has 31 heavy (non-hydrogen) atoms. The normalized spacial score (nSPS) is 15.3. The Kier molecular flexibility index (Phi) is 7.07. The van der Waals surface area contributed by atoms with Crippen LogP contribution in [0, 0.1) is 0 Å². The highest BCUT2D eigenvalue weighted by Crippen LogP contribution is 2.29. The van der Waals surface area contributed by atoms with E-state index in [1.54, 1.807) is 45.6 Å². The van der Waals surface area contributed by atoms with Gasteiger partial charge >= 0.3 is 6.09 Å². The smallest absolute Gasteiger partial charge is 0.410 e. The van der Waals surface area contributed by atoms with Crippen molar-refractivity contribution in [3.8, 4) is 23.0 Å². The Morgan fingerprint density at radius 3 is 2.42 bits per heavy atom. The second kappa shape index (κ2) is 9.92. The van der Waals surface area contributed by atoms with Crippen LogP contribution in [0.2, 0.25) is 0 Å². The molecule has 2 aromatic rings. The molecule has 1 atom stereocenters. The zero-order chi connectivity index (χ0) is 22.4. The van der Waals surface area contributed by atoms with E-state index in [2.05, 4.69) is 5.32 Å². The topological polar surface area (TPSA) is 95.6 Å². The highest BCUT2D eigenvalue weighted by molar-refractivity contribution is 5.88. The van der Waals surface area contributed by atoms with Gasteiger partial charge in [0.2, 0.25) is 5.91 Å². The lowest BCUT2D eigenvalue weighted by Crippen LogP contribution is -2.45. The standard InChI is InChI=1S/C22H26N2O7/c1-27-16-7-6-15(19(10-16)29-3)11-23-21(25)17-13-31-22(26)24(17)12-14-5-8-18(28-2)20(9-14)30-4/h5-10,17H,11-13H2,1-4H3,(H,23,25)/t17-/m0/s1. The Morgan fingerprint density at radius 2 is 1.74 bits per heavy atom. The molecule has 166 valence electrons. The number of nitrogens with zero attached hydrogens (tertiary/aromatic N) is 1. The van der Waals surface area contributed by atoms with Gasteiger partial charge in [0.1, 0.15) is 24.1 Å². The number of amides is 2. The van der Waals surface area contributed by atoms with Gasteiger partial charge in [-0.1, -0.05) is 6.07 Å². The van der Waals surface area contributed by atoms with Crippen molar-refractivity contribution in [2.75, 3.05) is 35.0 Å². The van der Waals surface area contributed by atoms with Crippen LogP contribution < -0.4 is 24.3 Å². The fourth-order valence-corrected chi connectivity index (χ4v) is 3.32. The maximum atomic E-state index is 12.8. The molecule has 1 aliphatic heterocycles. The van der Waals surface area contributed by atoms with Gasteiger partial charge in [0, 0.05) is 18.2 Å². The van der Waals surface area contributed by atoms with Crippen LogP contribution in [0.1, 0.15) is 11.1 Å². The van der Waals surface area contributed by atoms with Crippen molar-refractivity contribution < 1.29 is 33.3 Å². The van der Waals surface area contributed by atoms with Crippen molar-refractivity contribution >= 4 is 12.0 Å². The molecule has 2 aromatic carbocycles. The van der Waals surface area contributed by atoms with Crippen LogP contribution in [0.5, 0.6) is 23.0 Å². The molecular formula is C22H26N2O7. The summed E-state index contributed by atoms with van der Waals surface area (Å²) < 4.78 is 26.2. The van der Waals surface area contributed by atoms with E-state index >= 15 is 0 Å². The molecule has 1 aliphatic rings.